The van der Waals surface area contributed by atoms with E-state index in [2.05, 4.69) is 11.1 Å². The number of aryl methyl sites for hydroxylation is 3. The number of imidazole rings is 1. The summed E-state index contributed by atoms with van der Waals surface area (Å²) < 4.78 is 1.85. The van der Waals surface area contributed by atoms with Crippen molar-refractivity contribution in [1.29, 1.82) is 0 Å². The molecule has 0 fully saturated rings. The molecule has 1 N–H and O–H groups in total. The summed E-state index contributed by atoms with van der Waals surface area (Å²) in [5.74, 6) is -0.392. The third-order valence-electron chi connectivity index (χ3n) is 3.85. The highest BCUT2D eigenvalue weighted by Crippen LogP contribution is 2.26. The minimum absolute atomic E-state index is 0.0422. The molecule has 0 atom stereocenters. The molecule has 1 heterocycles. The molecule has 2 aromatic carbocycles. The molecule has 1 aromatic heterocycles. The summed E-state index contributed by atoms with van der Waals surface area (Å²) in [6, 6.07) is 14.0. The number of carboxylic acid groups (broad SMARTS) is 1. The largest absolute Gasteiger partial charge is 0.476 e. The Labute approximate surface area is 135 Å². The highest BCUT2D eigenvalue weighted by Gasteiger charge is 2.16. The minimum Gasteiger partial charge on any atom is -0.476 e. The lowest BCUT2D eigenvalue weighted by molar-refractivity contribution is 0.0691. The Morgan fingerprint density at radius 3 is 2.26 bits per heavy atom. The van der Waals surface area contributed by atoms with Gasteiger partial charge in [0.05, 0.1) is 5.69 Å². The van der Waals surface area contributed by atoms with Crippen molar-refractivity contribution < 1.29 is 9.90 Å². The van der Waals surface area contributed by atoms with Gasteiger partial charge in [-0.15, -0.1) is 0 Å². The van der Waals surface area contributed by atoms with Crippen LogP contribution in [0.15, 0.2) is 48.7 Å². The molecule has 4 nitrogen and oxygen atoms in total. The molecule has 4 heteroatoms. The van der Waals surface area contributed by atoms with Gasteiger partial charge in [-0.3, -0.25) is 4.57 Å². The van der Waals surface area contributed by atoms with E-state index in [1.807, 2.05) is 61.7 Å². The van der Waals surface area contributed by atoms with E-state index in [9.17, 15) is 9.90 Å². The van der Waals surface area contributed by atoms with Crippen molar-refractivity contribution in [2.75, 3.05) is 0 Å². The second-order valence-corrected chi connectivity index (χ2v) is 5.78. The zero-order valence-corrected chi connectivity index (χ0v) is 13.4. The molecule has 23 heavy (non-hydrogen) atoms. The molecule has 0 spiro atoms. The lowest BCUT2D eigenvalue weighted by atomic mass is 10.1. The summed E-state index contributed by atoms with van der Waals surface area (Å²) in [5.41, 5.74) is 5.26. The Morgan fingerprint density at radius 1 is 1.00 bits per heavy atom. The van der Waals surface area contributed by atoms with E-state index >= 15 is 0 Å². The number of rotatable bonds is 3. The van der Waals surface area contributed by atoms with Gasteiger partial charge in [-0.05, 0) is 32.4 Å². The van der Waals surface area contributed by atoms with Gasteiger partial charge in [0.1, 0.15) is 5.82 Å². The number of benzene rings is 2. The van der Waals surface area contributed by atoms with Crippen molar-refractivity contribution in [3.8, 4) is 17.1 Å². The molecule has 0 unspecified atom stereocenters. The molecule has 116 valence electrons. The molecule has 0 bridgehead atoms. The summed E-state index contributed by atoms with van der Waals surface area (Å²) in [4.78, 5) is 15.7. The van der Waals surface area contributed by atoms with Crippen LogP contribution in [0.5, 0.6) is 0 Å². The van der Waals surface area contributed by atoms with Crippen LogP contribution in [0.3, 0.4) is 0 Å². The van der Waals surface area contributed by atoms with Crippen molar-refractivity contribution in [3.63, 3.8) is 0 Å². The Hall–Kier alpha value is -2.88. The number of aromatic carboxylic acids is 1. The number of aromatic nitrogens is 2. The van der Waals surface area contributed by atoms with Crippen LogP contribution in [0.2, 0.25) is 0 Å². The van der Waals surface area contributed by atoms with E-state index in [0.29, 0.717) is 5.82 Å². The number of carbonyl (C=O) groups is 1. The fraction of sp³-hybridized carbons (Fsp3) is 0.158. The highest BCUT2D eigenvalue weighted by atomic mass is 16.4. The molecule has 0 aliphatic carbocycles. The molecule has 0 amide bonds. The quantitative estimate of drug-likeness (QED) is 0.790. The molecule has 0 saturated carbocycles. The first-order valence-corrected chi connectivity index (χ1v) is 7.43. The first-order chi connectivity index (χ1) is 11.0. The molecule has 3 aromatic rings. The summed E-state index contributed by atoms with van der Waals surface area (Å²) >= 11 is 0. The Bertz CT molecular complexity index is 877. The van der Waals surface area contributed by atoms with E-state index in [-0.39, 0.29) is 5.69 Å². The monoisotopic (exact) mass is 306 g/mol. The first-order valence-electron chi connectivity index (χ1n) is 7.43. The number of nitrogens with zero attached hydrogens (tertiary/aromatic N) is 2. The Balaban J connectivity index is 2.22. The first kappa shape index (κ1) is 15.0. The highest BCUT2D eigenvalue weighted by molar-refractivity contribution is 5.86. The summed E-state index contributed by atoms with van der Waals surface area (Å²) in [6.07, 6.45) is 1.58. The second kappa shape index (κ2) is 5.72. The van der Waals surface area contributed by atoms with Gasteiger partial charge in [-0.25, -0.2) is 9.78 Å². The zero-order chi connectivity index (χ0) is 16.6. The van der Waals surface area contributed by atoms with E-state index in [4.69, 9.17) is 0 Å². The molecular formula is C19H18N2O2. The number of carboxylic acids is 1. The second-order valence-electron chi connectivity index (χ2n) is 5.78. The van der Waals surface area contributed by atoms with Gasteiger partial charge in [0, 0.05) is 11.8 Å². The van der Waals surface area contributed by atoms with Gasteiger partial charge in [0.25, 0.3) is 0 Å². The third-order valence-corrected chi connectivity index (χ3v) is 3.85. The van der Waals surface area contributed by atoms with Gasteiger partial charge >= 0.3 is 5.97 Å². The van der Waals surface area contributed by atoms with Gasteiger partial charge in [0.15, 0.2) is 5.69 Å². The van der Waals surface area contributed by atoms with Crippen LogP contribution in [-0.4, -0.2) is 20.6 Å². The van der Waals surface area contributed by atoms with Gasteiger partial charge in [0.2, 0.25) is 0 Å². The maximum atomic E-state index is 11.3. The van der Waals surface area contributed by atoms with E-state index in [0.717, 1.165) is 22.4 Å². The van der Waals surface area contributed by atoms with Crippen LogP contribution in [0.4, 0.5) is 0 Å². The molecule has 3 rings (SSSR count). The average molecular weight is 306 g/mol. The summed E-state index contributed by atoms with van der Waals surface area (Å²) in [7, 11) is 0. The number of hydrogen-bond acceptors (Lipinski definition) is 2. The average Bonchev–Trinajstić information content (AvgIpc) is 2.93. The summed E-state index contributed by atoms with van der Waals surface area (Å²) in [6.45, 7) is 6.07. The van der Waals surface area contributed by atoms with Crippen LogP contribution < -0.4 is 0 Å². The van der Waals surface area contributed by atoms with Crippen LogP contribution in [0.25, 0.3) is 17.1 Å². The lowest BCUT2D eigenvalue weighted by Gasteiger charge is -2.11. The van der Waals surface area contributed by atoms with Crippen LogP contribution >= 0.6 is 0 Å². The Morgan fingerprint density at radius 2 is 1.65 bits per heavy atom. The normalized spacial score (nSPS) is 10.7. The van der Waals surface area contributed by atoms with Crippen LogP contribution in [0, 0.1) is 20.8 Å². The topological polar surface area (TPSA) is 55.1 Å². The smallest absolute Gasteiger partial charge is 0.356 e. The molecular weight excluding hydrogens is 288 g/mol. The van der Waals surface area contributed by atoms with Crippen molar-refractivity contribution in [1.82, 2.24) is 9.55 Å². The molecule has 0 radical (unpaired) electrons. The van der Waals surface area contributed by atoms with Crippen LogP contribution in [-0.2, 0) is 0 Å². The third kappa shape index (κ3) is 2.88. The van der Waals surface area contributed by atoms with E-state index < -0.39 is 5.97 Å². The molecule has 0 saturated heterocycles. The van der Waals surface area contributed by atoms with Crippen molar-refractivity contribution in [3.05, 3.63) is 71.0 Å². The fourth-order valence-corrected chi connectivity index (χ4v) is 2.65. The van der Waals surface area contributed by atoms with Gasteiger partial charge in [-0.2, -0.15) is 0 Å². The fourth-order valence-electron chi connectivity index (χ4n) is 2.65. The van der Waals surface area contributed by atoms with Crippen molar-refractivity contribution in [2.24, 2.45) is 0 Å². The maximum Gasteiger partial charge on any atom is 0.356 e. The van der Waals surface area contributed by atoms with E-state index in [1.54, 1.807) is 6.20 Å². The SMILES string of the molecule is Cc1ccc(-c2nc(C(=O)O)cn2-c2ccc(C)cc2C)cc1. The van der Waals surface area contributed by atoms with Crippen molar-refractivity contribution in [2.45, 2.75) is 20.8 Å². The van der Waals surface area contributed by atoms with Gasteiger partial charge < -0.3 is 5.11 Å². The maximum absolute atomic E-state index is 11.3. The molecule has 0 aliphatic heterocycles. The van der Waals surface area contributed by atoms with Crippen LogP contribution in [0.1, 0.15) is 27.2 Å². The minimum atomic E-state index is -1.03. The zero-order valence-electron chi connectivity index (χ0n) is 13.4. The number of hydrogen-bond donors (Lipinski definition) is 1. The van der Waals surface area contributed by atoms with Crippen molar-refractivity contribution >= 4 is 5.97 Å². The van der Waals surface area contributed by atoms with Gasteiger partial charge in [-0.1, -0.05) is 47.5 Å². The predicted molar refractivity (Wildman–Crippen MR) is 90.2 cm³/mol. The molecule has 0 aliphatic rings. The standard InChI is InChI=1S/C19H18N2O2/c1-12-4-7-15(8-5-12)18-20-16(19(22)23)11-21(18)17-9-6-13(2)10-14(17)3/h4-11H,1-3H3,(H,22,23). The van der Waals surface area contributed by atoms with E-state index in [1.165, 1.54) is 5.56 Å². The Kier molecular flexibility index (Phi) is 3.74. The summed E-state index contributed by atoms with van der Waals surface area (Å²) in [5, 5.41) is 9.30. The lowest BCUT2D eigenvalue weighted by Crippen LogP contribution is -1.99. The predicted octanol–water partition coefficient (Wildman–Crippen LogP) is 4.16.